The quantitative estimate of drug-likeness (QED) is 0.658. The zero-order chi connectivity index (χ0) is 12.2. The fraction of sp³-hybridized carbons (Fsp3) is 0.667. The summed E-state index contributed by atoms with van der Waals surface area (Å²) in [7, 11) is 1.18. The highest BCUT2D eigenvalue weighted by Crippen LogP contribution is 2.26. The molecule has 0 heterocycles. The Morgan fingerprint density at radius 2 is 1.80 bits per heavy atom. The second-order valence-electron chi connectivity index (χ2n) is 3.36. The van der Waals surface area contributed by atoms with E-state index in [4.69, 9.17) is 14.9 Å². The predicted molar refractivity (Wildman–Crippen MR) is 49.5 cm³/mol. The van der Waals surface area contributed by atoms with Crippen LogP contribution >= 0.6 is 0 Å². The van der Waals surface area contributed by atoms with Gasteiger partial charge in [0.25, 0.3) is 0 Å². The minimum Gasteiger partial charge on any atom is -0.481 e. The molecule has 0 aromatic heterocycles. The monoisotopic (exact) mass is 218 g/mol. The lowest BCUT2D eigenvalue weighted by atomic mass is 9.83. The molecule has 0 aromatic rings. The SMILES string of the molecule is COC(C)(C(C)=O)C(CC(=O)O)C(=O)O. The van der Waals surface area contributed by atoms with E-state index in [0.29, 0.717) is 0 Å². The number of carboxylic acids is 2. The molecule has 0 spiro atoms. The van der Waals surface area contributed by atoms with Gasteiger partial charge in [0.1, 0.15) is 11.5 Å². The van der Waals surface area contributed by atoms with E-state index < -0.39 is 35.7 Å². The van der Waals surface area contributed by atoms with Gasteiger partial charge < -0.3 is 14.9 Å². The lowest BCUT2D eigenvalue weighted by molar-refractivity contribution is -0.166. The Labute approximate surface area is 86.8 Å². The van der Waals surface area contributed by atoms with Gasteiger partial charge in [0.05, 0.1) is 6.42 Å². The van der Waals surface area contributed by atoms with Gasteiger partial charge in [-0.25, -0.2) is 0 Å². The summed E-state index contributed by atoms with van der Waals surface area (Å²) in [5.74, 6) is -4.56. The average Bonchev–Trinajstić information content (AvgIpc) is 2.12. The van der Waals surface area contributed by atoms with Crippen LogP contribution in [-0.2, 0) is 19.1 Å². The lowest BCUT2D eigenvalue weighted by Gasteiger charge is -2.30. The molecule has 0 aromatic carbocycles. The fourth-order valence-corrected chi connectivity index (χ4v) is 1.22. The number of Topliss-reactive ketones (excluding diaryl/α,β-unsaturated/α-hetero) is 1. The number of ketones is 1. The molecule has 0 radical (unpaired) electrons. The van der Waals surface area contributed by atoms with Crippen molar-refractivity contribution in [3.8, 4) is 0 Å². The molecular formula is C9H14O6. The minimum atomic E-state index is -1.61. The standard InChI is InChI=1S/C9H14O6/c1-5(10)9(2,15-3)6(8(13)14)4-7(11)12/h6H,4H2,1-3H3,(H,11,12)(H,13,14). The molecule has 0 aliphatic carbocycles. The van der Waals surface area contributed by atoms with Crippen LogP contribution in [0.25, 0.3) is 0 Å². The van der Waals surface area contributed by atoms with Crippen molar-refractivity contribution in [2.45, 2.75) is 25.9 Å². The third kappa shape index (κ3) is 3.02. The summed E-state index contributed by atoms with van der Waals surface area (Å²) >= 11 is 0. The molecule has 0 fully saturated rings. The average molecular weight is 218 g/mol. The highest BCUT2D eigenvalue weighted by Gasteiger charge is 2.44. The number of ether oxygens (including phenoxy) is 1. The summed E-state index contributed by atoms with van der Waals surface area (Å²) in [6, 6.07) is 0. The van der Waals surface area contributed by atoms with Crippen LogP contribution in [0.15, 0.2) is 0 Å². The summed E-state index contributed by atoms with van der Waals surface area (Å²) in [5, 5.41) is 17.4. The first-order valence-corrected chi connectivity index (χ1v) is 4.26. The maximum atomic E-state index is 11.2. The molecule has 0 aliphatic heterocycles. The molecule has 0 aliphatic rings. The van der Waals surface area contributed by atoms with Gasteiger partial charge in [0.2, 0.25) is 0 Å². The molecule has 0 bridgehead atoms. The van der Waals surface area contributed by atoms with Crippen LogP contribution in [-0.4, -0.2) is 40.6 Å². The normalized spacial score (nSPS) is 16.5. The smallest absolute Gasteiger partial charge is 0.310 e. The van der Waals surface area contributed by atoms with Crippen LogP contribution in [0.4, 0.5) is 0 Å². The van der Waals surface area contributed by atoms with Crippen molar-refractivity contribution in [2.75, 3.05) is 7.11 Å². The Morgan fingerprint density at radius 1 is 1.33 bits per heavy atom. The van der Waals surface area contributed by atoms with Crippen molar-refractivity contribution < 1.29 is 29.3 Å². The van der Waals surface area contributed by atoms with E-state index in [1.807, 2.05) is 0 Å². The number of rotatable bonds is 6. The number of aliphatic carboxylic acids is 2. The predicted octanol–water partition coefficient (Wildman–Crippen LogP) is 0.156. The second kappa shape index (κ2) is 4.88. The van der Waals surface area contributed by atoms with Gasteiger partial charge in [-0.2, -0.15) is 0 Å². The molecule has 2 atom stereocenters. The summed E-state index contributed by atoms with van der Waals surface area (Å²) in [6.07, 6.45) is -0.654. The Kier molecular flexibility index (Phi) is 4.41. The molecule has 2 unspecified atom stereocenters. The summed E-state index contributed by atoms with van der Waals surface area (Å²) in [5.41, 5.74) is -1.61. The number of carboxylic acid groups (broad SMARTS) is 2. The van der Waals surface area contributed by atoms with E-state index in [9.17, 15) is 14.4 Å². The molecule has 0 amide bonds. The van der Waals surface area contributed by atoms with Crippen molar-refractivity contribution in [3.05, 3.63) is 0 Å². The van der Waals surface area contributed by atoms with Gasteiger partial charge in [-0.15, -0.1) is 0 Å². The highest BCUT2D eigenvalue weighted by molar-refractivity contribution is 5.92. The molecule has 2 N–H and O–H groups in total. The first kappa shape index (κ1) is 13.6. The maximum absolute atomic E-state index is 11.2. The van der Waals surface area contributed by atoms with Gasteiger partial charge in [-0.3, -0.25) is 14.4 Å². The lowest BCUT2D eigenvalue weighted by Crippen LogP contribution is -2.48. The van der Waals surface area contributed by atoms with Crippen LogP contribution in [0, 0.1) is 5.92 Å². The van der Waals surface area contributed by atoms with Crippen LogP contribution in [0.2, 0.25) is 0 Å². The molecule has 0 saturated heterocycles. The highest BCUT2D eigenvalue weighted by atomic mass is 16.5. The van der Waals surface area contributed by atoms with E-state index in [1.165, 1.54) is 21.0 Å². The topological polar surface area (TPSA) is 101 Å². The minimum absolute atomic E-state index is 0.515. The zero-order valence-corrected chi connectivity index (χ0v) is 8.81. The number of carbonyl (C=O) groups is 3. The van der Waals surface area contributed by atoms with E-state index in [2.05, 4.69) is 0 Å². The van der Waals surface area contributed by atoms with E-state index in [-0.39, 0.29) is 0 Å². The molecule has 6 heteroatoms. The molecule has 6 nitrogen and oxygen atoms in total. The van der Waals surface area contributed by atoms with Crippen LogP contribution in [0.1, 0.15) is 20.3 Å². The van der Waals surface area contributed by atoms with E-state index in [1.54, 1.807) is 0 Å². The van der Waals surface area contributed by atoms with Gasteiger partial charge in [0, 0.05) is 7.11 Å². The fourth-order valence-electron chi connectivity index (χ4n) is 1.22. The zero-order valence-electron chi connectivity index (χ0n) is 8.81. The van der Waals surface area contributed by atoms with Gasteiger partial charge in [-0.05, 0) is 13.8 Å². The van der Waals surface area contributed by atoms with Crippen molar-refractivity contribution in [3.63, 3.8) is 0 Å². The van der Waals surface area contributed by atoms with Crippen LogP contribution in [0.3, 0.4) is 0 Å². The van der Waals surface area contributed by atoms with Gasteiger partial charge >= 0.3 is 11.9 Å². The molecular weight excluding hydrogens is 204 g/mol. The molecule has 86 valence electrons. The van der Waals surface area contributed by atoms with Gasteiger partial charge in [-0.1, -0.05) is 0 Å². The summed E-state index contributed by atoms with van der Waals surface area (Å²) in [6.45, 7) is 2.44. The second-order valence-corrected chi connectivity index (χ2v) is 3.36. The number of hydrogen-bond acceptors (Lipinski definition) is 4. The Morgan fingerprint density at radius 3 is 2.00 bits per heavy atom. The maximum Gasteiger partial charge on any atom is 0.310 e. The Bertz CT molecular complexity index is 284. The summed E-state index contributed by atoms with van der Waals surface area (Å²) < 4.78 is 4.83. The molecule has 0 saturated carbocycles. The number of carbonyl (C=O) groups excluding carboxylic acids is 1. The van der Waals surface area contributed by atoms with Crippen molar-refractivity contribution in [1.82, 2.24) is 0 Å². The molecule has 0 rings (SSSR count). The van der Waals surface area contributed by atoms with Crippen molar-refractivity contribution in [1.29, 1.82) is 0 Å². The third-order valence-electron chi connectivity index (χ3n) is 2.46. The Balaban J connectivity index is 5.11. The third-order valence-corrected chi connectivity index (χ3v) is 2.46. The van der Waals surface area contributed by atoms with E-state index in [0.717, 1.165) is 0 Å². The first-order chi connectivity index (χ1) is 6.75. The largest absolute Gasteiger partial charge is 0.481 e. The number of hydrogen-bond donors (Lipinski definition) is 2. The Hall–Kier alpha value is -1.43. The first-order valence-electron chi connectivity index (χ1n) is 4.26. The van der Waals surface area contributed by atoms with E-state index >= 15 is 0 Å². The van der Waals surface area contributed by atoms with Crippen LogP contribution < -0.4 is 0 Å². The van der Waals surface area contributed by atoms with Crippen LogP contribution in [0.5, 0.6) is 0 Å². The molecule has 15 heavy (non-hydrogen) atoms. The summed E-state index contributed by atoms with van der Waals surface area (Å²) in [4.78, 5) is 32.6. The van der Waals surface area contributed by atoms with Crippen molar-refractivity contribution in [2.24, 2.45) is 5.92 Å². The number of methoxy groups -OCH3 is 1. The van der Waals surface area contributed by atoms with Crippen molar-refractivity contribution >= 4 is 17.7 Å². The van der Waals surface area contributed by atoms with Gasteiger partial charge in [0.15, 0.2) is 5.78 Å².